The van der Waals surface area contributed by atoms with Gasteiger partial charge in [0.05, 0.1) is 37.9 Å². The molecule has 3 heterocycles. The van der Waals surface area contributed by atoms with Crippen LogP contribution in [-0.4, -0.2) is 57.0 Å². The van der Waals surface area contributed by atoms with Gasteiger partial charge >= 0.3 is 0 Å². The van der Waals surface area contributed by atoms with Crippen molar-refractivity contribution < 1.29 is 14.3 Å². The number of piperidine rings is 1. The van der Waals surface area contributed by atoms with Crippen LogP contribution in [0.3, 0.4) is 0 Å². The van der Waals surface area contributed by atoms with Crippen LogP contribution < -0.4 is 9.47 Å². The average molecular weight is 329 g/mol. The number of carbonyl (C=O) groups is 1. The second-order valence-corrected chi connectivity index (χ2v) is 5.58. The van der Waals surface area contributed by atoms with E-state index in [0.717, 1.165) is 18.5 Å². The summed E-state index contributed by atoms with van der Waals surface area (Å²) in [4.78, 5) is 30.8. The van der Waals surface area contributed by atoms with E-state index in [1.54, 1.807) is 11.1 Å². The SMILES string of the molecule is COc1cncc(O[C@H]2CCCN(C(=O)c3cnc(C)cn3)C2)n1. The van der Waals surface area contributed by atoms with Crippen LogP contribution in [-0.2, 0) is 0 Å². The molecule has 0 bridgehead atoms. The molecule has 0 aliphatic carbocycles. The molecule has 2 aromatic heterocycles. The topological polar surface area (TPSA) is 90.3 Å². The van der Waals surface area contributed by atoms with E-state index >= 15 is 0 Å². The van der Waals surface area contributed by atoms with Crippen molar-refractivity contribution >= 4 is 5.91 Å². The Morgan fingerprint density at radius 2 is 2.04 bits per heavy atom. The minimum absolute atomic E-state index is 0.132. The van der Waals surface area contributed by atoms with Crippen LogP contribution in [0.4, 0.5) is 0 Å². The number of likely N-dealkylation sites (tertiary alicyclic amines) is 1. The highest BCUT2D eigenvalue weighted by Gasteiger charge is 2.27. The standard InChI is InChI=1S/C16H19N5O3/c1-11-6-19-13(7-18-11)16(22)21-5-3-4-12(10-21)24-15-9-17-8-14(20-15)23-2/h6-9,12H,3-5,10H2,1-2H3/t12-/m0/s1. The summed E-state index contributed by atoms with van der Waals surface area (Å²) >= 11 is 0. The van der Waals surface area contributed by atoms with Crippen LogP contribution in [0.25, 0.3) is 0 Å². The third-order valence-electron chi connectivity index (χ3n) is 3.75. The van der Waals surface area contributed by atoms with E-state index in [1.807, 2.05) is 6.92 Å². The van der Waals surface area contributed by atoms with E-state index in [2.05, 4.69) is 19.9 Å². The van der Waals surface area contributed by atoms with Gasteiger partial charge in [0, 0.05) is 12.7 Å². The van der Waals surface area contributed by atoms with Crippen molar-refractivity contribution in [2.24, 2.45) is 0 Å². The van der Waals surface area contributed by atoms with Crippen molar-refractivity contribution in [2.45, 2.75) is 25.9 Å². The molecule has 24 heavy (non-hydrogen) atoms. The zero-order valence-corrected chi connectivity index (χ0v) is 13.7. The smallest absolute Gasteiger partial charge is 0.274 e. The first kappa shape index (κ1) is 16.1. The summed E-state index contributed by atoms with van der Waals surface area (Å²) in [6.07, 6.45) is 7.72. The Labute approximate surface area is 139 Å². The van der Waals surface area contributed by atoms with Crippen LogP contribution in [0.1, 0.15) is 29.0 Å². The van der Waals surface area contributed by atoms with Gasteiger partial charge in [-0.25, -0.2) is 4.98 Å². The normalized spacial score (nSPS) is 17.4. The van der Waals surface area contributed by atoms with Gasteiger partial charge in [-0.05, 0) is 19.8 Å². The zero-order chi connectivity index (χ0) is 16.9. The second kappa shape index (κ2) is 7.20. The fourth-order valence-electron chi connectivity index (χ4n) is 2.54. The predicted molar refractivity (Wildman–Crippen MR) is 84.9 cm³/mol. The van der Waals surface area contributed by atoms with Gasteiger partial charge in [0.2, 0.25) is 11.8 Å². The third-order valence-corrected chi connectivity index (χ3v) is 3.75. The fraction of sp³-hybridized carbons (Fsp3) is 0.438. The summed E-state index contributed by atoms with van der Waals surface area (Å²) in [5, 5.41) is 0. The molecule has 1 aliphatic rings. The number of aromatic nitrogens is 4. The first-order chi connectivity index (χ1) is 11.7. The molecule has 0 unspecified atom stereocenters. The Hall–Kier alpha value is -2.77. The number of aryl methyl sites for hydroxylation is 1. The van der Waals surface area contributed by atoms with E-state index in [1.165, 1.54) is 25.7 Å². The number of amides is 1. The van der Waals surface area contributed by atoms with E-state index in [4.69, 9.17) is 9.47 Å². The van der Waals surface area contributed by atoms with Crippen molar-refractivity contribution in [1.82, 2.24) is 24.8 Å². The summed E-state index contributed by atoms with van der Waals surface area (Å²) in [7, 11) is 1.53. The molecule has 8 heteroatoms. The molecule has 1 saturated heterocycles. The van der Waals surface area contributed by atoms with Crippen molar-refractivity contribution in [3.05, 3.63) is 36.2 Å². The maximum atomic E-state index is 12.5. The van der Waals surface area contributed by atoms with Crippen molar-refractivity contribution in [3.63, 3.8) is 0 Å². The highest BCUT2D eigenvalue weighted by Crippen LogP contribution is 2.19. The van der Waals surface area contributed by atoms with Gasteiger partial charge in [0.1, 0.15) is 11.8 Å². The monoisotopic (exact) mass is 329 g/mol. The largest absolute Gasteiger partial charge is 0.480 e. The molecular weight excluding hydrogens is 310 g/mol. The van der Waals surface area contributed by atoms with Crippen molar-refractivity contribution in [3.8, 4) is 11.8 Å². The zero-order valence-electron chi connectivity index (χ0n) is 13.7. The Morgan fingerprint density at radius 3 is 2.79 bits per heavy atom. The van der Waals surface area contributed by atoms with Gasteiger partial charge in [-0.15, -0.1) is 0 Å². The molecule has 0 aromatic carbocycles. The van der Waals surface area contributed by atoms with Gasteiger partial charge in [-0.2, -0.15) is 4.98 Å². The lowest BCUT2D eigenvalue weighted by Crippen LogP contribution is -2.44. The Bertz CT molecular complexity index is 707. The number of hydrogen-bond acceptors (Lipinski definition) is 7. The minimum atomic E-state index is -0.137. The first-order valence-electron chi connectivity index (χ1n) is 7.76. The van der Waals surface area contributed by atoms with Gasteiger partial charge in [0.25, 0.3) is 5.91 Å². The van der Waals surface area contributed by atoms with Crippen LogP contribution in [0.5, 0.6) is 11.8 Å². The van der Waals surface area contributed by atoms with Gasteiger partial charge < -0.3 is 14.4 Å². The van der Waals surface area contributed by atoms with Gasteiger partial charge in [-0.1, -0.05) is 0 Å². The molecule has 1 atom stereocenters. The fourth-order valence-corrected chi connectivity index (χ4v) is 2.54. The Morgan fingerprint density at radius 1 is 1.21 bits per heavy atom. The van der Waals surface area contributed by atoms with E-state index in [-0.39, 0.29) is 12.0 Å². The predicted octanol–water partition coefficient (Wildman–Crippen LogP) is 1.27. The number of nitrogens with zero attached hydrogens (tertiary/aromatic N) is 5. The van der Waals surface area contributed by atoms with Gasteiger partial charge in [0.15, 0.2) is 0 Å². The number of rotatable bonds is 4. The lowest BCUT2D eigenvalue weighted by molar-refractivity contribution is 0.0519. The Balaban J connectivity index is 1.65. The molecule has 3 rings (SSSR count). The van der Waals surface area contributed by atoms with E-state index < -0.39 is 0 Å². The van der Waals surface area contributed by atoms with Crippen LogP contribution in [0.2, 0.25) is 0 Å². The lowest BCUT2D eigenvalue weighted by Gasteiger charge is -2.32. The summed E-state index contributed by atoms with van der Waals surface area (Å²) in [6, 6.07) is 0. The highest BCUT2D eigenvalue weighted by atomic mass is 16.5. The van der Waals surface area contributed by atoms with Crippen molar-refractivity contribution in [1.29, 1.82) is 0 Å². The molecule has 2 aromatic rings. The molecule has 1 fully saturated rings. The highest BCUT2D eigenvalue weighted by molar-refractivity contribution is 5.92. The minimum Gasteiger partial charge on any atom is -0.480 e. The lowest BCUT2D eigenvalue weighted by atomic mass is 10.1. The molecule has 0 radical (unpaired) electrons. The van der Waals surface area contributed by atoms with E-state index in [9.17, 15) is 4.79 Å². The molecule has 0 spiro atoms. The van der Waals surface area contributed by atoms with Crippen LogP contribution >= 0.6 is 0 Å². The average Bonchev–Trinajstić information content (AvgIpc) is 2.62. The number of carbonyl (C=O) groups excluding carboxylic acids is 1. The molecule has 1 amide bonds. The van der Waals surface area contributed by atoms with Gasteiger partial charge in [-0.3, -0.25) is 14.8 Å². The summed E-state index contributed by atoms with van der Waals surface area (Å²) < 4.78 is 10.9. The number of ether oxygens (including phenoxy) is 2. The van der Waals surface area contributed by atoms with E-state index in [0.29, 0.717) is 30.5 Å². The molecule has 0 saturated carbocycles. The summed E-state index contributed by atoms with van der Waals surface area (Å²) in [5.41, 5.74) is 1.13. The quantitative estimate of drug-likeness (QED) is 0.834. The van der Waals surface area contributed by atoms with Crippen LogP contribution in [0.15, 0.2) is 24.8 Å². The molecular formula is C16H19N5O3. The number of hydrogen-bond donors (Lipinski definition) is 0. The maximum absolute atomic E-state index is 12.5. The second-order valence-electron chi connectivity index (χ2n) is 5.58. The molecule has 1 aliphatic heterocycles. The molecule has 8 nitrogen and oxygen atoms in total. The molecule has 126 valence electrons. The van der Waals surface area contributed by atoms with Crippen molar-refractivity contribution in [2.75, 3.05) is 20.2 Å². The Kier molecular flexibility index (Phi) is 4.83. The molecule has 0 N–H and O–H groups in total. The first-order valence-corrected chi connectivity index (χ1v) is 7.76. The summed E-state index contributed by atoms with van der Waals surface area (Å²) in [6.45, 7) is 2.99. The number of methoxy groups -OCH3 is 1. The maximum Gasteiger partial charge on any atom is 0.274 e. The van der Waals surface area contributed by atoms with Crippen LogP contribution in [0, 0.1) is 6.92 Å². The third kappa shape index (κ3) is 3.76. The summed E-state index contributed by atoms with van der Waals surface area (Å²) in [5.74, 6) is 0.655.